The SMILES string of the molecule is CN[C@@H]1Cc2ccccc2N(OC(=O)/C=C\C(=O)ON2C[C@H](NC)Cc3ccccc32)C1. The first-order chi connectivity index (χ1) is 15.6. The Hall–Kier alpha value is -3.36. The van der Waals surface area contributed by atoms with E-state index in [4.69, 9.17) is 9.68 Å². The third-order valence-corrected chi connectivity index (χ3v) is 5.80. The molecule has 2 atom stereocenters. The van der Waals surface area contributed by atoms with Gasteiger partial charge >= 0.3 is 11.9 Å². The lowest BCUT2D eigenvalue weighted by molar-refractivity contribution is -0.142. The summed E-state index contributed by atoms with van der Waals surface area (Å²) in [6.07, 6.45) is 3.90. The number of carbonyl (C=O) groups excluding carboxylic acids is 2. The Labute approximate surface area is 187 Å². The molecule has 0 aliphatic carbocycles. The van der Waals surface area contributed by atoms with E-state index in [0.717, 1.165) is 47.5 Å². The van der Waals surface area contributed by atoms with Crippen LogP contribution in [0.4, 0.5) is 11.4 Å². The Balaban J connectivity index is 1.39. The van der Waals surface area contributed by atoms with Crippen LogP contribution in [0.15, 0.2) is 60.7 Å². The smallest absolute Gasteiger partial charge is 0.336 e. The fraction of sp³-hybridized carbons (Fsp3) is 0.333. The first kappa shape index (κ1) is 21.9. The second-order valence-corrected chi connectivity index (χ2v) is 7.91. The normalized spacial score (nSPS) is 19.9. The molecule has 0 unspecified atom stereocenters. The van der Waals surface area contributed by atoms with Crippen LogP contribution in [0.25, 0.3) is 0 Å². The predicted molar refractivity (Wildman–Crippen MR) is 122 cm³/mol. The Kier molecular flexibility index (Phi) is 6.72. The maximum absolute atomic E-state index is 12.4. The van der Waals surface area contributed by atoms with Crippen molar-refractivity contribution >= 4 is 23.3 Å². The molecule has 2 N–H and O–H groups in total. The number of nitrogens with one attached hydrogen (secondary N) is 2. The zero-order valence-electron chi connectivity index (χ0n) is 18.3. The van der Waals surface area contributed by atoms with E-state index in [0.29, 0.717) is 13.1 Å². The average Bonchev–Trinajstić information content (AvgIpc) is 2.82. The summed E-state index contributed by atoms with van der Waals surface area (Å²) in [7, 11) is 3.76. The summed E-state index contributed by atoms with van der Waals surface area (Å²) in [4.78, 5) is 35.8. The van der Waals surface area contributed by atoms with Crippen molar-refractivity contribution in [3.8, 4) is 0 Å². The van der Waals surface area contributed by atoms with Crippen molar-refractivity contribution in [2.45, 2.75) is 24.9 Å². The number of likely N-dealkylation sites (N-methyl/N-ethyl adjacent to an activating group) is 2. The summed E-state index contributed by atoms with van der Waals surface area (Å²) < 4.78 is 0. The molecule has 0 radical (unpaired) electrons. The van der Waals surface area contributed by atoms with E-state index in [-0.39, 0.29) is 12.1 Å². The molecule has 8 heteroatoms. The van der Waals surface area contributed by atoms with Gasteiger partial charge in [-0.1, -0.05) is 36.4 Å². The van der Waals surface area contributed by atoms with Gasteiger partial charge in [0.05, 0.1) is 24.5 Å². The maximum Gasteiger partial charge on any atom is 0.356 e. The highest BCUT2D eigenvalue weighted by Gasteiger charge is 2.27. The topological polar surface area (TPSA) is 83.1 Å². The van der Waals surface area contributed by atoms with Crippen molar-refractivity contribution in [2.75, 3.05) is 37.3 Å². The molecule has 2 aliphatic rings. The lowest BCUT2D eigenvalue weighted by Crippen LogP contribution is -2.45. The van der Waals surface area contributed by atoms with Crippen LogP contribution >= 0.6 is 0 Å². The molecule has 2 aromatic rings. The van der Waals surface area contributed by atoms with E-state index in [2.05, 4.69) is 10.6 Å². The van der Waals surface area contributed by atoms with Crippen molar-refractivity contribution in [1.29, 1.82) is 0 Å². The van der Waals surface area contributed by atoms with Crippen molar-refractivity contribution in [3.05, 3.63) is 71.8 Å². The largest absolute Gasteiger partial charge is 0.356 e. The van der Waals surface area contributed by atoms with E-state index in [1.807, 2.05) is 62.6 Å². The molecule has 0 amide bonds. The van der Waals surface area contributed by atoms with Gasteiger partial charge in [0.15, 0.2) is 0 Å². The molecule has 8 nitrogen and oxygen atoms in total. The highest BCUT2D eigenvalue weighted by atomic mass is 16.7. The van der Waals surface area contributed by atoms with Gasteiger partial charge in [0, 0.05) is 24.2 Å². The van der Waals surface area contributed by atoms with Gasteiger partial charge < -0.3 is 20.3 Å². The van der Waals surface area contributed by atoms with Gasteiger partial charge in [-0.3, -0.25) is 0 Å². The van der Waals surface area contributed by atoms with Gasteiger partial charge in [-0.2, -0.15) is 0 Å². The number of hydrogen-bond donors (Lipinski definition) is 2. The number of anilines is 2. The maximum atomic E-state index is 12.4. The van der Waals surface area contributed by atoms with Crippen LogP contribution in [-0.2, 0) is 32.1 Å². The Morgan fingerprint density at radius 1 is 0.781 bits per heavy atom. The number of hydroxylamine groups is 2. The standard InChI is InChI=1S/C24H28N4O4/c1-25-19-13-17-7-3-5-9-21(17)27(15-19)31-23(29)11-12-24(30)32-28-16-20(26-2)14-18-8-4-6-10-22(18)28/h3-12,19-20,25-26H,13-16H2,1-2H3/b12-11-/t19-,20-/m1/s1. The summed E-state index contributed by atoms with van der Waals surface area (Å²) in [5.41, 5.74) is 3.90. The summed E-state index contributed by atoms with van der Waals surface area (Å²) >= 11 is 0. The van der Waals surface area contributed by atoms with E-state index in [1.54, 1.807) is 10.1 Å². The fourth-order valence-corrected chi connectivity index (χ4v) is 4.08. The van der Waals surface area contributed by atoms with Crippen molar-refractivity contribution in [3.63, 3.8) is 0 Å². The molecule has 168 valence electrons. The minimum Gasteiger partial charge on any atom is -0.336 e. The third-order valence-electron chi connectivity index (χ3n) is 5.80. The summed E-state index contributed by atoms with van der Waals surface area (Å²) in [6.45, 7) is 1.04. The zero-order chi connectivity index (χ0) is 22.5. The van der Waals surface area contributed by atoms with E-state index in [9.17, 15) is 9.59 Å². The molecule has 32 heavy (non-hydrogen) atoms. The van der Waals surface area contributed by atoms with E-state index >= 15 is 0 Å². The number of rotatable bonds is 6. The first-order valence-electron chi connectivity index (χ1n) is 10.7. The van der Waals surface area contributed by atoms with Gasteiger partial charge in [-0.25, -0.2) is 19.7 Å². The number of nitrogens with zero attached hydrogens (tertiary/aromatic N) is 2. The summed E-state index contributed by atoms with van der Waals surface area (Å²) in [5.74, 6) is -1.28. The number of hydrogen-bond acceptors (Lipinski definition) is 8. The number of para-hydroxylation sites is 2. The summed E-state index contributed by atoms with van der Waals surface area (Å²) in [5, 5.41) is 9.58. The van der Waals surface area contributed by atoms with Crippen LogP contribution in [0.1, 0.15) is 11.1 Å². The minimum absolute atomic E-state index is 0.158. The molecule has 0 spiro atoms. The zero-order valence-corrected chi connectivity index (χ0v) is 18.3. The second-order valence-electron chi connectivity index (χ2n) is 7.91. The minimum atomic E-state index is -0.638. The van der Waals surface area contributed by atoms with E-state index in [1.165, 1.54) is 0 Å². The van der Waals surface area contributed by atoms with Gasteiger partial charge in [0.1, 0.15) is 0 Å². The van der Waals surface area contributed by atoms with Gasteiger partial charge in [-0.15, -0.1) is 0 Å². The van der Waals surface area contributed by atoms with Gasteiger partial charge in [-0.05, 0) is 50.2 Å². The molecule has 0 bridgehead atoms. The van der Waals surface area contributed by atoms with Crippen molar-refractivity contribution in [2.24, 2.45) is 0 Å². The quantitative estimate of drug-likeness (QED) is 0.663. The van der Waals surface area contributed by atoms with Crippen LogP contribution < -0.4 is 20.8 Å². The Morgan fingerprint density at radius 2 is 1.19 bits per heavy atom. The molecule has 4 rings (SSSR count). The van der Waals surface area contributed by atoms with Gasteiger partial charge in [0.2, 0.25) is 0 Å². The lowest BCUT2D eigenvalue weighted by Gasteiger charge is -2.34. The molecule has 0 aromatic heterocycles. The molecule has 0 fully saturated rings. The van der Waals surface area contributed by atoms with Gasteiger partial charge in [0.25, 0.3) is 0 Å². The molecule has 2 heterocycles. The van der Waals surface area contributed by atoms with Crippen LogP contribution in [-0.4, -0.2) is 51.2 Å². The van der Waals surface area contributed by atoms with E-state index < -0.39 is 11.9 Å². The second kappa shape index (κ2) is 9.84. The average molecular weight is 437 g/mol. The summed E-state index contributed by atoms with van der Waals surface area (Å²) in [6, 6.07) is 15.9. The highest BCUT2D eigenvalue weighted by molar-refractivity contribution is 5.92. The molecule has 2 aromatic carbocycles. The number of benzene rings is 2. The Morgan fingerprint density at radius 3 is 1.59 bits per heavy atom. The first-order valence-corrected chi connectivity index (χ1v) is 10.7. The van der Waals surface area contributed by atoms with Crippen molar-refractivity contribution < 1.29 is 19.3 Å². The van der Waals surface area contributed by atoms with Crippen LogP contribution in [0.5, 0.6) is 0 Å². The van der Waals surface area contributed by atoms with Crippen LogP contribution in [0.2, 0.25) is 0 Å². The molecule has 2 aliphatic heterocycles. The third kappa shape index (κ3) is 4.92. The van der Waals surface area contributed by atoms with Crippen LogP contribution in [0.3, 0.4) is 0 Å². The van der Waals surface area contributed by atoms with Crippen molar-refractivity contribution in [1.82, 2.24) is 10.6 Å². The monoisotopic (exact) mass is 436 g/mol. The fourth-order valence-electron chi connectivity index (χ4n) is 4.08. The molecule has 0 saturated carbocycles. The number of fused-ring (bicyclic) bond motifs is 2. The molecular formula is C24H28N4O4. The number of carbonyl (C=O) groups is 2. The predicted octanol–water partition coefficient (Wildman–Crippen LogP) is 1.76. The van der Waals surface area contributed by atoms with Crippen LogP contribution in [0, 0.1) is 0 Å². The Bertz CT molecular complexity index is 929. The lowest BCUT2D eigenvalue weighted by atomic mass is 9.99. The highest BCUT2D eigenvalue weighted by Crippen LogP contribution is 2.28. The molecular weight excluding hydrogens is 408 g/mol. The molecule has 0 saturated heterocycles.